The van der Waals surface area contributed by atoms with E-state index in [0.29, 0.717) is 10.0 Å². The van der Waals surface area contributed by atoms with Crippen LogP contribution in [0.25, 0.3) is 0 Å². The highest BCUT2D eigenvalue weighted by Gasteiger charge is 2.16. The standard InChI is InChI=1S/C13H27IO/c1-4-6-8-10-12(14)13(15-3)11-9-7-5-2/h12-13H,4-11H2,1-3H3/t12-,13+/m0/s1. The van der Waals surface area contributed by atoms with Crippen molar-refractivity contribution in [3.8, 4) is 0 Å². The summed E-state index contributed by atoms with van der Waals surface area (Å²) in [6.45, 7) is 4.52. The van der Waals surface area contributed by atoms with Gasteiger partial charge in [-0.3, -0.25) is 0 Å². The molecule has 2 atom stereocenters. The quantitative estimate of drug-likeness (QED) is 0.313. The van der Waals surface area contributed by atoms with E-state index in [4.69, 9.17) is 4.74 Å². The Morgan fingerprint density at radius 2 is 1.47 bits per heavy atom. The molecule has 0 fully saturated rings. The van der Waals surface area contributed by atoms with Crippen LogP contribution in [0.1, 0.15) is 65.2 Å². The first-order chi connectivity index (χ1) is 7.26. The molecule has 0 spiro atoms. The molecule has 0 saturated heterocycles. The second-order valence-corrected chi connectivity index (χ2v) is 5.88. The molecule has 0 aromatic carbocycles. The second-order valence-electron chi connectivity index (χ2n) is 4.28. The average Bonchev–Trinajstić information content (AvgIpc) is 2.24. The zero-order valence-electron chi connectivity index (χ0n) is 10.6. The smallest absolute Gasteiger partial charge is 0.0688 e. The minimum Gasteiger partial charge on any atom is -0.380 e. The van der Waals surface area contributed by atoms with Crippen molar-refractivity contribution in [1.82, 2.24) is 0 Å². The molecule has 15 heavy (non-hydrogen) atoms. The largest absolute Gasteiger partial charge is 0.380 e. The molecule has 1 nitrogen and oxygen atoms in total. The van der Waals surface area contributed by atoms with E-state index in [9.17, 15) is 0 Å². The summed E-state index contributed by atoms with van der Waals surface area (Å²) in [7, 11) is 1.86. The summed E-state index contributed by atoms with van der Waals surface area (Å²) < 4.78 is 6.29. The Morgan fingerprint density at radius 1 is 0.933 bits per heavy atom. The lowest BCUT2D eigenvalue weighted by Gasteiger charge is -2.21. The first kappa shape index (κ1) is 15.7. The van der Waals surface area contributed by atoms with Gasteiger partial charge in [-0.25, -0.2) is 0 Å². The number of unbranched alkanes of at least 4 members (excludes halogenated alkanes) is 4. The number of hydrogen-bond donors (Lipinski definition) is 0. The van der Waals surface area contributed by atoms with E-state index in [1.54, 1.807) is 0 Å². The maximum atomic E-state index is 5.58. The Balaban J connectivity index is 3.62. The van der Waals surface area contributed by atoms with E-state index < -0.39 is 0 Å². The van der Waals surface area contributed by atoms with E-state index in [0.717, 1.165) is 0 Å². The van der Waals surface area contributed by atoms with Gasteiger partial charge in [0.15, 0.2) is 0 Å². The first-order valence-electron chi connectivity index (χ1n) is 6.43. The first-order valence-corrected chi connectivity index (χ1v) is 7.67. The number of rotatable bonds is 10. The van der Waals surface area contributed by atoms with Gasteiger partial charge in [0.2, 0.25) is 0 Å². The zero-order chi connectivity index (χ0) is 11.5. The van der Waals surface area contributed by atoms with Crippen LogP contribution >= 0.6 is 22.6 Å². The number of methoxy groups -OCH3 is 1. The Morgan fingerprint density at radius 3 is 1.93 bits per heavy atom. The minimum absolute atomic E-state index is 0.481. The van der Waals surface area contributed by atoms with E-state index in [1.807, 2.05) is 7.11 Å². The van der Waals surface area contributed by atoms with Crippen LogP contribution in [-0.2, 0) is 4.74 Å². The summed E-state index contributed by atoms with van der Waals surface area (Å²) >= 11 is 2.57. The predicted octanol–water partition coefficient (Wildman–Crippen LogP) is 4.97. The lowest BCUT2D eigenvalue weighted by atomic mass is 10.0. The van der Waals surface area contributed by atoms with Gasteiger partial charge < -0.3 is 4.74 Å². The van der Waals surface area contributed by atoms with Gasteiger partial charge in [0.25, 0.3) is 0 Å². The lowest BCUT2D eigenvalue weighted by molar-refractivity contribution is 0.0919. The van der Waals surface area contributed by atoms with Gasteiger partial charge in [0.1, 0.15) is 0 Å². The Kier molecular flexibility index (Phi) is 11.7. The van der Waals surface area contributed by atoms with Crippen molar-refractivity contribution < 1.29 is 4.74 Å². The van der Waals surface area contributed by atoms with Crippen LogP contribution < -0.4 is 0 Å². The van der Waals surface area contributed by atoms with Crippen molar-refractivity contribution in [1.29, 1.82) is 0 Å². The summed E-state index contributed by atoms with van der Waals surface area (Å²) in [6.07, 6.45) is 11.1. The Labute approximate surface area is 109 Å². The van der Waals surface area contributed by atoms with Crippen molar-refractivity contribution >= 4 is 22.6 Å². The van der Waals surface area contributed by atoms with Crippen LogP contribution in [0.2, 0.25) is 0 Å². The molecule has 0 heterocycles. The van der Waals surface area contributed by atoms with Gasteiger partial charge in [-0.1, -0.05) is 75.0 Å². The molecule has 0 N–H and O–H groups in total. The highest BCUT2D eigenvalue weighted by atomic mass is 127. The van der Waals surface area contributed by atoms with E-state index in [-0.39, 0.29) is 0 Å². The van der Waals surface area contributed by atoms with Gasteiger partial charge >= 0.3 is 0 Å². The number of hydrogen-bond acceptors (Lipinski definition) is 1. The molecule has 0 radical (unpaired) electrons. The maximum Gasteiger partial charge on any atom is 0.0688 e. The fourth-order valence-corrected chi connectivity index (χ4v) is 2.91. The Bertz CT molecular complexity index is 128. The molecule has 0 aromatic heterocycles. The van der Waals surface area contributed by atoms with Crippen LogP contribution in [0.3, 0.4) is 0 Å². The van der Waals surface area contributed by atoms with Gasteiger partial charge in [-0.2, -0.15) is 0 Å². The maximum absolute atomic E-state index is 5.58. The summed E-state index contributed by atoms with van der Waals surface area (Å²) in [5.41, 5.74) is 0. The van der Waals surface area contributed by atoms with Crippen molar-refractivity contribution in [3.63, 3.8) is 0 Å². The predicted molar refractivity (Wildman–Crippen MR) is 76.9 cm³/mol. The van der Waals surface area contributed by atoms with Gasteiger partial charge in [-0.05, 0) is 12.8 Å². The van der Waals surface area contributed by atoms with Crippen LogP contribution in [0.15, 0.2) is 0 Å². The summed E-state index contributed by atoms with van der Waals surface area (Å²) in [6, 6.07) is 0. The molecule has 0 rings (SSSR count). The fourth-order valence-electron chi connectivity index (χ4n) is 1.82. The van der Waals surface area contributed by atoms with E-state index in [1.165, 1.54) is 51.4 Å². The summed E-state index contributed by atoms with van der Waals surface area (Å²) in [4.78, 5) is 0. The number of halogens is 1. The fraction of sp³-hybridized carbons (Fsp3) is 1.00. The zero-order valence-corrected chi connectivity index (χ0v) is 12.8. The van der Waals surface area contributed by atoms with Crippen LogP contribution in [0, 0.1) is 0 Å². The molecular weight excluding hydrogens is 299 g/mol. The van der Waals surface area contributed by atoms with Crippen molar-refractivity contribution in [2.24, 2.45) is 0 Å². The molecule has 0 aliphatic rings. The molecule has 0 unspecified atom stereocenters. The average molecular weight is 326 g/mol. The van der Waals surface area contributed by atoms with E-state index in [2.05, 4.69) is 36.4 Å². The monoisotopic (exact) mass is 326 g/mol. The van der Waals surface area contributed by atoms with Crippen molar-refractivity contribution in [2.75, 3.05) is 7.11 Å². The molecular formula is C13H27IO. The molecule has 0 saturated carbocycles. The second kappa shape index (κ2) is 11.2. The summed E-state index contributed by atoms with van der Waals surface area (Å²) in [5.74, 6) is 0. The van der Waals surface area contributed by atoms with Crippen LogP contribution in [0.4, 0.5) is 0 Å². The van der Waals surface area contributed by atoms with Gasteiger partial charge in [-0.15, -0.1) is 0 Å². The summed E-state index contributed by atoms with van der Waals surface area (Å²) in [5, 5.41) is 0. The van der Waals surface area contributed by atoms with E-state index >= 15 is 0 Å². The van der Waals surface area contributed by atoms with Gasteiger partial charge in [0, 0.05) is 11.0 Å². The third-order valence-corrected chi connectivity index (χ3v) is 4.31. The third kappa shape index (κ3) is 8.49. The number of ether oxygens (including phenoxy) is 1. The van der Waals surface area contributed by atoms with Gasteiger partial charge in [0.05, 0.1) is 6.10 Å². The SMILES string of the molecule is CCCCC[C@H](I)[C@@H](CCCCC)OC. The topological polar surface area (TPSA) is 9.23 Å². The van der Waals surface area contributed by atoms with Crippen molar-refractivity contribution in [3.05, 3.63) is 0 Å². The molecule has 2 heteroatoms. The van der Waals surface area contributed by atoms with Crippen molar-refractivity contribution in [2.45, 2.75) is 75.2 Å². The minimum atomic E-state index is 0.481. The third-order valence-electron chi connectivity index (χ3n) is 2.88. The molecule has 0 bridgehead atoms. The lowest BCUT2D eigenvalue weighted by Crippen LogP contribution is -2.22. The Hall–Kier alpha value is 0.690. The van der Waals surface area contributed by atoms with Crippen LogP contribution in [-0.4, -0.2) is 17.1 Å². The molecule has 0 aliphatic carbocycles. The highest BCUT2D eigenvalue weighted by Crippen LogP contribution is 2.21. The molecule has 0 aliphatic heterocycles. The number of alkyl halides is 1. The highest BCUT2D eigenvalue weighted by molar-refractivity contribution is 14.1. The molecule has 0 aromatic rings. The van der Waals surface area contributed by atoms with Crippen LogP contribution in [0.5, 0.6) is 0 Å². The normalized spacial score (nSPS) is 15.2. The molecule has 0 amide bonds. The molecule has 92 valence electrons.